The van der Waals surface area contributed by atoms with Gasteiger partial charge in [0.25, 0.3) is 0 Å². The van der Waals surface area contributed by atoms with E-state index in [1.54, 1.807) is 7.11 Å². The number of halogens is 1. The van der Waals surface area contributed by atoms with E-state index in [0.717, 1.165) is 33.7 Å². The summed E-state index contributed by atoms with van der Waals surface area (Å²) in [4.78, 5) is 4.27. The fraction of sp³-hybridized carbons (Fsp3) is 0.214. The Hall–Kier alpha value is -1.55. The van der Waals surface area contributed by atoms with Crippen LogP contribution in [0.5, 0.6) is 5.75 Å². The van der Waals surface area contributed by atoms with Crippen molar-refractivity contribution < 1.29 is 4.74 Å². The van der Waals surface area contributed by atoms with Crippen molar-refractivity contribution >= 4 is 21.6 Å². The van der Waals surface area contributed by atoms with Crippen molar-refractivity contribution in [1.29, 1.82) is 0 Å². The van der Waals surface area contributed by atoms with Crippen molar-refractivity contribution in [3.63, 3.8) is 0 Å². The number of nitrogens with one attached hydrogen (secondary N) is 1. The lowest BCUT2D eigenvalue weighted by Crippen LogP contribution is -2.00. The van der Waals surface area contributed by atoms with Crippen LogP contribution >= 0.6 is 15.9 Å². The first-order chi connectivity index (χ1) is 8.67. The molecule has 18 heavy (non-hydrogen) atoms. The molecule has 0 saturated heterocycles. The van der Waals surface area contributed by atoms with Crippen LogP contribution < -0.4 is 10.1 Å². The first-order valence-electron chi connectivity index (χ1n) is 5.67. The monoisotopic (exact) mass is 306 g/mol. The van der Waals surface area contributed by atoms with E-state index < -0.39 is 0 Å². The smallest absolute Gasteiger partial charge is 0.122 e. The second-order valence-corrected chi connectivity index (χ2v) is 4.96. The summed E-state index contributed by atoms with van der Waals surface area (Å²) in [5, 5.41) is 3.35. The molecule has 2 rings (SSSR count). The van der Waals surface area contributed by atoms with Gasteiger partial charge in [0, 0.05) is 34.7 Å². The maximum atomic E-state index is 5.22. The van der Waals surface area contributed by atoms with Gasteiger partial charge >= 0.3 is 0 Å². The van der Waals surface area contributed by atoms with Gasteiger partial charge < -0.3 is 10.1 Å². The number of nitrogens with zero attached hydrogens (tertiary/aromatic N) is 1. The Morgan fingerprint density at radius 3 is 2.78 bits per heavy atom. The van der Waals surface area contributed by atoms with E-state index in [4.69, 9.17) is 4.74 Å². The number of aryl methyl sites for hydroxylation is 1. The summed E-state index contributed by atoms with van der Waals surface area (Å²) in [5.74, 6) is 0.828. The second-order valence-electron chi connectivity index (χ2n) is 4.04. The van der Waals surface area contributed by atoms with Crippen LogP contribution in [0.25, 0.3) is 0 Å². The van der Waals surface area contributed by atoms with E-state index in [1.807, 2.05) is 37.4 Å². The molecular weight excluding hydrogens is 292 g/mol. The summed E-state index contributed by atoms with van der Waals surface area (Å²) in [7, 11) is 1.66. The maximum Gasteiger partial charge on any atom is 0.122 e. The molecule has 0 aliphatic rings. The highest BCUT2D eigenvalue weighted by Crippen LogP contribution is 2.24. The van der Waals surface area contributed by atoms with E-state index >= 15 is 0 Å². The summed E-state index contributed by atoms with van der Waals surface area (Å²) in [6, 6.07) is 10.00. The molecular formula is C14H15BrN2O. The van der Waals surface area contributed by atoms with Crippen molar-refractivity contribution in [2.45, 2.75) is 13.5 Å². The van der Waals surface area contributed by atoms with Gasteiger partial charge in [0.1, 0.15) is 5.75 Å². The molecule has 4 heteroatoms. The van der Waals surface area contributed by atoms with E-state index in [1.165, 1.54) is 0 Å². The highest BCUT2D eigenvalue weighted by atomic mass is 79.9. The van der Waals surface area contributed by atoms with Crippen molar-refractivity contribution in [1.82, 2.24) is 4.98 Å². The lowest BCUT2D eigenvalue weighted by Gasteiger charge is -2.09. The highest BCUT2D eigenvalue weighted by molar-refractivity contribution is 9.10. The number of aromatic nitrogens is 1. The van der Waals surface area contributed by atoms with Crippen LogP contribution in [0.15, 0.2) is 41.0 Å². The topological polar surface area (TPSA) is 34.1 Å². The van der Waals surface area contributed by atoms with Gasteiger partial charge in [-0.3, -0.25) is 4.98 Å². The molecule has 1 aromatic heterocycles. The molecule has 0 unspecified atom stereocenters. The van der Waals surface area contributed by atoms with E-state index in [0.29, 0.717) is 0 Å². The number of methoxy groups -OCH3 is 1. The molecule has 0 bridgehead atoms. The van der Waals surface area contributed by atoms with Gasteiger partial charge in [0.2, 0.25) is 0 Å². The summed E-state index contributed by atoms with van der Waals surface area (Å²) < 4.78 is 6.21. The van der Waals surface area contributed by atoms with Gasteiger partial charge in [0.05, 0.1) is 7.11 Å². The number of hydrogen-bond acceptors (Lipinski definition) is 3. The van der Waals surface area contributed by atoms with Crippen molar-refractivity contribution in [2.24, 2.45) is 0 Å². The molecule has 2 aromatic rings. The Morgan fingerprint density at radius 2 is 2.11 bits per heavy atom. The molecule has 0 fully saturated rings. The van der Waals surface area contributed by atoms with Gasteiger partial charge in [-0.05, 0) is 30.7 Å². The number of hydrogen-bond donors (Lipinski definition) is 1. The minimum atomic E-state index is 0.743. The third kappa shape index (κ3) is 3.47. The molecule has 3 nitrogen and oxygen atoms in total. The summed E-state index contributed by atoms with van der Waals surface area (Å²) in [6.07, 6.45) is 1.89. The molecule has 1 heterocycles. The first-order valence-corrected chi connectivity index (χ1v) is 6.46. The predicted octanol–water partition coefficient (Wildman–Crippen LogP) is 3.77. The van der Waals surface area contributed by atoms with Gasteiger partial charge in [-0.15, -0.1) is 0 Å². The zero-order chi connectivity index (χ0) is 13.0. The SMILES string of the molecule is COc1cc(Br)cc(NCc2ccc(C)nc2)c1. The first kappa shape index (κ1) is 12.9. The van der Waals surface area contributed by atoms with E-state index in [-0.39, 0.29) is 0 Å². The molecule has 0 aliphatic carbocycles. The quantitative estimate of drug-likeness (QED) is 0.933. The minimum absolute atomic E-state index is 0.743. The molecule has 0 spiro atoms. The van der Waals surface area contributed by atoms with Crippen LogP contribution in [-0.4, -0.2) is 12.1 Å². The summed E-state index contributed by atoms with van der Waals surface area (Å²) in [6.45, 7) is 2.73. The maximum absolute atomic E-state index is 5.22. The lowest BCUT2D eigenvalue weighted by atomic mass is 10.2. The number of anilines is 1. The molecule has 0 amide bonds. The molecule has 0 radical (unpaired) electrons. The average Bonchev–Trinajstić information content (AvgIpc) is 2.37. The normalized spacial score (nSPS) is 10.2. The zero-order valence-electron chi connectivity index (χ0n) is 10.4. The Morgan fingerprint density at radius 1 is 1.28 bits per heavy atom. The predicted molar refractivity (Wildman–Crippen MR) is 77.0 cm³/mol. The molecule has 0 saturated carbocycles. The van der Waals surface area contributed by atoms with Gasteiger partial charge in [-0.2, -0.15) is 0 Å². The molecule has 0 aliphatic heterocycles. The number of rotatable bonds is 4. The van der Waals surface area contributed by atoms with E-state index in [9.17, 15) is 0 Å². The summed E-state index contributed by atoms with van der Waals surface area (Å²) >= 11 is 3.46. The van der Waals surface area contributed by atoms with Gasteiger partial charge in [-0.25, -0.2) is 0 Å². The summed E-state index contributed by atoms with van der Waals surface area (Å²) in [5.41, 5.74) is 3.20. The Bertz CT molecular complexity index is 526. The Balaban J connectivity index is 2.05. The lowest BCUT2D eigenvalue weighted by molar-refractivity contribution is 0.414. The molecule has 1 N–H and O–H groups in total. The van der Waals surface area contributed by atoms with Crippen LogP contribution in [0.2, 0.25) is 0 Å². The van der Waals surface area contributed by atoms with Gasteiger partial charge in [-0.1, -0.05) is 22.0 Å². The molecule has 1 aromatic carbocycles. The second kappa shape index (κ2) is 5.87. The van der Waals surface area contributed by atoms with Crippen molar-refractivity contribution in [3.05, 3.63) is 52.3 Å². The molecule has 94 valence electrons. The number of ether oxygens (including phenoxy) is 1. The van der Waals surface area contributed by atoms with E-state index in [2.05, 4.69) is 32.3 Å². The Kier molecular flexibility index (Phi) is 4.20. The van der Waals surface area contributed by atoms with Crippen LogP contribution in [0.4, 0.5) is 5.69 Å². The van der Waals surface area contributed by atoms with Crippen LogP contribution in [0.3, 0.4) is 0 Å². The fourth-order valence-electron chi connectivity index (χ4n) is 1.59. The van der Waals surface area contributed by atoms with Gasteiger partial charge in [0.15, 0.2) is 0 Å². The zero-order valence-corrected chi connectivity index (χ0v) is 12.0. The number of pyridine rings is 1. The van der Waals surface area contributed by atoms with Crippen molar-refractivity contribution in [2.75, 3.05) is 12.4 Å². The third-order valence-corrected chi connectivity index (χ3v) is 3.03. The van der Waals surface area contributed by atoms with Crippen LogP contribution in [0, 0.1) is 6.92 Å². The average molecular weight is 307 g/mol. The molecule has 0 atom stereocenters. The van der Waals surface area contributed by atoms with Crippen molar-refractivity contribution in [3.8, 4) is 5.75 Å². The fourth-order valence-corrected chi connectivity index (χ4v) is 2.06. The number of benzene rings is 1. The Labute approximate surface area is 115 Å². The largest absolute Gasteiger partial charge is 0.497 e. The van der Waals surface area contributed by atoms with Crippen LogP contribution in [0.1, 0.15) is 11.3 Å². The van der Waals surface area contributed by atoms with Crippen LogP contribution in [-0.2, 0) is 6.54 Å². The minimum Gasteiger partial charge on any atom is -0.497 e. The standard InChI is InChI=1S/C14H15BrN2O/c1-10-3-4-11(8-16-10)9-17-13-5-12(15)6-14(7-13)18-2/h3-8,17H,9H2,1-2H3. The highest BCUT2D eigenvalue weighted by Gasteiger charge is 2.00. The third-order valence-electron chi connectivity index (χ3n) is 2.58.